The van der Waals surface area contributed by atoms with Crippen molar-refractivity contribution in [2.24, 2.45) is 5.92 Å². The van der Waals surface area contributed by atoms with Crippen LogP contribution in [0.25, 0.3) is 0 Å². The minimum atomic E-state index is -0.0353. The zero-order valence-corrected chi connectivity index (χ0v) is 20.8. The summed E-state index contributed by atoms with van der Waals surface area (Å²) in [6, 6.07) is 17.4. The SMILES string of the molecule is COC(=O)C1CCC2(CCc3ccc(OCCCCNCCCCc4ccccc4)cc32)CC1. The van der Waals surface area contributed by atoms with Crippen molar-refractivity contribution < 1.29 is 14.3 Å². The summed E-state index contributed by atoms with van der Waals surface area (Å²) in [5, 5.41) is 3.57. The lowest BCUT2D eigenvalue weighted by Gasteiger charge is -2.37. The van der Waals surface area contributed by atoms with Crippen molar-refractivity contribution in [1.29, 1.82) is 0 Å². The number of nitrogens with one attached hydrogen (secondary N) is 1. The van der Waals surface area contributed by atoms with Gasteiger partial charge < -0.3 is 14.8 Å². The van der Waals surface area contributed by atoms with Crippen molar-refractivity contribution >= 4 is 5.97 Å². The summed E-state index contributed by atoms with van der Waals surface area (Å²) < 4.78 is 11.1. The van der Waals surface area contributed by atoms with Crippen molar-refractivity contribution in [3.8, 4) is 5.75 Å². The van der Waals surface area contributed by atoms with Crippen LogP contribution in [0.3, 0.4) is 0 Å². The number of unbranched alkanes of at least 4 members (excludes halogenated alkanes) is 2. The van der Waals surface area contributed by atoms with Crippen molar-refractivity contribution in [3.05, 3.63) is 65.2 Å². The van der Waals surface area contributed by atoms with Crippen LogP contribution in [-0.4, -0.2) is 32.8 Å². The summed E-state index contributed by atoms with van der Waals surface area (Å²) in [6.45, 7) is 2.92. The predicted molar refractivity (Wildman–Crippen MR) is 137 cm³/mol. The van der Waals surface area contributed by atoms with Crippen LogP contribution < -0.4 is 10.1 Å². The minimum absolute atomic E-state index is 0.0353. The molecular weight excluding hydrogens is 422 g/mol. The molecular formula is C30H41NO3. The topological polar surface area (TPSA) is 47.6 Å². The standard InChI is InChI=1S/C30H41NO3/c1-33-29(32)26-15-18-30(19-16-26)17-14-25-12-13-27(23-28(25)30)34-22-8-7-21-31-20-6-5-11-24-9-3-2-4-10-24/h2-4,9-10,12-13,23,26,31H,5-8,11,14-22H2,1H3. The van der Waals surface area contributed by atoms with E-state index in [4.69, 9.17) is 9.47 Å². The smallest absolute Gasteiger partial charge is 0.308 e. The zero-order valence-electron chi connectivity index (χ0n) is 20.8. The van der Waals surface area contributed by atoms with Gasteiger partial charge in [-0.15, -0.1) is 0 Å². The van der Waals surface area contributed by atoms with Crippen LogP contribution in [0.5, 0.6) is 5.75 Å². The van der Waals surface area contributed by atoms with Gasteiger partial charge in [-0.1, -0.05) is 36.4 Å². The highest BCUT2D eigenvalue weighted by atomic mass is 16.5. The summed E-state index contributed by atoms with van der Waals surface area (Å²) in [5.74, 6) is 1.05. The largest absolute Gasteiger partial charge is 0.494 e. The first-order valence-corrected chi connectivity index (χ1v) is 13.3. The Morgan fingerprint density at radius 3 is 2.50 bits per heavy atom. The molecule has 0 radical (unpaired) electrons. The molecule has 2 aromatic carbocycles. The van der Waals surface area contributed by atoms with Crippen molar-refractivity contribution in [2.75, 3.05) is 26.8 Å². The molecule has 4 rings (SSSR count). The summed E-state index contributed by atoms with van der Waals surface area (Å²) in [7, 11) is 1.50. The van der Waals surface area contributed by atoms with Gasteiger partial charge in [-0.3, -0.25) is 4.79 Å². The summed E-state index contributed by atoms with van der Waals surface area (Å²) in [4.78, 5) is 11.9. The molecule has 0 aromatic heterocycles. The molecule has 0 aliphatic heterocycles. The van der Waals surface area contributed by atoms with E-state index in [-0.39, 0.29) is 17.3 Å². The lowest BCUT2D eigenvalue weighted by Crippen LogP contribution is -2.32. The van der Waals surface area contributed by atoms with Crippen LogP contribution in [0, 0.1) is 5.92 Å². The van der Waals surface area contributed by atoms with E-state index in [9.17, 15) is 4.79 Å². The molecule has 1 N–H and O–H groups in total. The first-order chi connectivity index (χ1) is 16.7. The van der Waals surface area contributed by atoms with Gasteiger partial charge in [-0.2, -0.15) is 0 Å². The summed E-state index contributed by atoms with van der Waals surface area (Å²) in [5.41, 5.74) is 4.63. The molecule has 0 unspecified atom stereocenters. The Balaban J connectivity index is 1.12. The number of hydrogen-bond acceptors (Lipinski definition) is 4. The number of rotatable bonds is 12. The molecule has 4 nitrogen and oxygen atoms in total. The predicted octanol–water partition coefficient (Wildman–Crippen LogP) is 6.01. The fourth-order valence-corrected chi connectivity index (χ4v) is 5.85. The third-order valence-electron chi connectivity index (χ3n) is 7.93. The Kier molecular flexibility index (Phi) is 9.04. The van der Waals surface area contributed by atoms with E-state index < -0.39 is 0 Å². The van der Waals surface area contributed by atoms with Crippen LogP contribution in [0.15, 0.2) is 48.5 Å². The third-order valence-corrected chi connectivity index (χ3v) is 7.93. The number of carbonyl (C=O) groups is 1. The number of ether oxygens (including phenoxy) is 2. The van der Waals surface area contributed by atoms with Crippen LogP contribution in [-0.2, 0) is 27.8 Å². The van der Waals surface area contributed by atoms with Crippen molar-refractivity contribution in [3.63, 3.8) is 0 Å². The normalized spacial score (nSPS) is 21.4. The summed E-state index contributed by atoms with van der Waals surface area (Å²) >= 11 is 0. The van der Waals surface area contributed by atoms with E-state index in [0.29, 0.717) is 0 Å². The first-order valence-electron chi connectivity index (χ1n) is 13.3. The van der Waals surface area contributed by atoms with Crippen LogP contribution in [0.4, 0.5) is 0 Å². The van der Waals surface area contributed by atoms with Gasteiger partial charge in [0.2, 0.25) is 0 Å². The van der Waals surface area contributed by atoms with Gasteiger partial charge in [0.1, 0.15) is 5.75 Å². The van der Waals surface area contributed by atoms with Crippen LogP contribution >= 0.6 is 0 Å². The van der Waals surface area contributed by atoms with Crippen LogP contribution in [0.1, 0.15) is 74.5 Å². The highest BCUT2D eigenvalue weighted by molar-refractivity contribution is 5.72. The molecule has 0 bridgehead atoms. The average molecular weight is 464 g/mol. The maximum Gasteiger partial charge on any atom is 0.308 e. The van der Waals surface area contributed by atoms with Crippen molar-refractivity contribution in [2.45, 2.75) is 76.0 Å². The van der Waals surface area contributed by atoms with E-state index in [1.165, 1.54) is 49.5 Å². The molecule has 2 aromatic rings. The van der Waals surface area contributed by atoms with Gasteiger partial charge in [-0.25, -0.2) is 0 Å². The molecule has 0 heterocycles. The number of carbonyl (C=O) groups excluding carboxylic acids is 1. The molecule has 4 heteroatoms. The number of fused-ring (bicyclic) bond motifs is 2. The molecule has 2 aliphatic carbocycles. The Morgan fingerprint density at radius 1 is 0.971 bits per heavy atom. The highest BCUT2D eigenvalue weighted by Gasteiger charge is 2.43. The lowest BCUT2D eigenvalue weighted by atomic mass is 9.67. The van der Waals surface area contributed by atoms with Gasteiger partial charge in [0, 0.05) is 0 Å². The van der Waals surface area contributed by atoms with Gasteiger partial charge in [0.25, 0.3) is 0 Å². The lowest BCUT2D eigenvalue weighted by molar-refractivity contribution is -0.147. The fraction of sp³-hybridized carbons (Fsp3) is 0.567. The molecule has 0 amide bonds. The number of methoxy groups -OCH3 is 1. The van der Waals surface area contributed by atoms with E-state index >= 15 is 0 Å². The van der Waals surface area contributed by atoms with E-state index in [2.05, 4.69) is 53.8 Å². The van der Waals surface area contributed by atoms with Crippen molar-refractivity contribution in [1.82, 2.24) is 5.32 Å². The van der Waals surface area contributed by atoms with Gasteiger partial charge in [0.05, 0.1) is 19.6 Å². The molecule has 1 saturated carbocycles. The van der Waals surface area contributed by atoms with E-state index in [1.807, 2.05) is 0 Å². The minimum Gasteiger partial charge on any atom is -0.494 e. The first kappa shape index (κ1) is 24.8. The maximum absolute atomic E-state index is 11.9. The molecule has 1 fully saturated rings. The second-order valence-corrected chi connectivity index (χ2v) is 10.1. The second kappa shape index (κ2) is 12.4. The number of esters is 1. The quantitative estimate of drug-likeness (QED) is 0.310. The average Bonchev–Trinajstić information content (AvgIpc) is 3.23. The molecule has 2 aliphatic rings. The maximum atomic E-state index is 11.9. The molecule has 0 saturated heterocycles. The van der Waals surface area contributed by atoms with Gasteiger partial charge in [-0.05, 0) is 118 Å². The van der Waals surface area contributed by atoms with Crippen LogP contribution in [0.2, 0.25) is 0 Å². The molecule has 1 spiro atoms. The molecule has 34 heavy (non-hydrogen) atoms. The summed E-state index contributed by atoms with van der Waals surface area (Å²) in [6.07, 6.45) is 12.2. The van der Waals surface area contributed by atoms with Gasteiger partial charge in [0.15, 0.2) is 0 Å². The number of aryl methyl sites for hydroxylation is 2. The molecule has 0 atom stereocenters. The fourth-order valence-electron chi connectivity index (χ4n) is 5.85. The number of hydrogen-bond donors (Lipinski definition) is 1. The van der Waals surface area contributed by atoms with Gasteiger partial charge >= 0.3 is 5.97 Å². The highest BCUT2D eigenvalue weighted by Crippen LogP contribution is 2.50. The van der Waals surface area contributed by atoms with E-state index in [0.717, 1.165) is 70.4 Å². The Hall–Kier alpha value is -2.33. The zero-order chi connectivity index (χ0) is 23.6. The monoisotopic (exact) mass is 463 g/mol. The Labute approximate surface area is 205 Å². The third kappa shape index (κ3) is 6.41. The molecule has 184 valence electrons. The Morgan fingerprint density at radius 2 is 1.74 bits per heavy atom. The Bertz CT molecular complexity index is 903. The number of benzene rings is 2. The van der Waals surface area contributed by atoms with E-state index in [1.54, 1.807) is 0 Å². The second-order valence-electron chi connectivity index (χ2n) is 10.1.